The van der Waals surface area contributed by atoms with Gasteiger partial charge in [0.15, 0.2) is 0 Å². The van der Waals surface area contributed by atoms with Gasteiger partial charge in [-0.25, -0.2) is 0 Å². The van der Waals surface area contributed by atoms with Crippen LogP contribution >= 0.6 is 0 Å². The molecule has 2 heterocycles. The predicted octanol–water partition coefficient (Wildman–Crippen LogP) is 0.424. The van der Waals surface area contributed by atoms with E-state index in [0.717, 1.165) is 24.5 Å². The Morgan fingerprint density at radius 1 is 1.56 bits per heavy atom. The molecule has 1 aliphatic rings. The molecule has 1 aliphatic heterocycles. The third kappa shape index (κ3) is 2.42. The van der Waals surface area contributed by atoms with Crippen LogP contribution in [0.4, 0.5) is 0 Å². The van der Waals surface area contributed by atoms with Crippen molar-refractivity contribution in [2.75, 3.05) is 33.4 Å². The van der Waals surface area contributed by atoms with Crippen molar-refractivity contribution in [3.63, 3.8) is 0 Å². The number of nitrogens with zero attached hydrogens (tertiary/aromatic N) is 2. The molecule has 0 radical (unpaired) electrons. The summed E-state index contributed by atoms with van der Waals surface area (Å²) in [5, 5.41) is 13.3. The van der Waals surface area contributed by atoms with E-state index in [1.807, 2.05) is 20.0 Å². The van der Waals surface area contributed by atoms with Gasteiger partial charge in [0.1, 0.15) is 5.76 Å². The lowest BCUT2D eigenvalue weighted by molar-refractivity contribution is -0.147. The summed E-state index contributed by atoms with van der Waals surface area (Å²) in [6.07, 6.45) is 0. The van der Waals surface area contributed by atoms with Crippen LogP contribution in [0.2, 0.25) is 0 Å². The molecule has 0 atom stereocenters. The second-order valence-corrected chi connectivity index (χ2v) is 4.75. The molecule has 1 aromatic rings. The summed E-state index contributed by atoms with van der Waals surface area (Å²) >= 11 is 0. The first-order valence-corrected chi connectivity index (χ1v) is 5.43. The molecular formula is C11H18N2O3. The van der Waals surface area contributed by atoms with Gasteiger partial charge in [-0.15, -0.1) is 0 Å². The molecule has 5 nitrogen and oxygen atoms in total. The molecule has 1 aromatic heterocycles. The number of aliphatic hydroxyl groups is 1. The number of aliphatic hydroxyl groups excluding tert-OH is 1. The summed E-state index contributed by atoms with van der Waals surface area (Å²) in [5.41, 5.74) is 0.849. The standard InChI is InChI=1S/C11H18N2O3/c1-9-3-10(12-16-9)4-13(2)5-11(6-14)7-15-8-11/h3,14H,4-8H2,1-2H3. The van der Waals surface area contributed by atoms with Gasteiger partial charge in [-0.3, -0.25) is 4.90 Å². The van der Waals surface area contributed by atoms with E-state index in [9.17, 15) is 5.11 Å². The topological polar surface area (TPSA) is 58.7 Å². The minimum Gasteiger partial charge on any atom is -0.396 e. The van der Waals surface area contributed by atoms with Gasteiger partial charge in [-0.1, -0.05) is 5.16 Å². The van der Waals surface area contributed by atoms with Crippen molar-refractivity contribution >= 4 is 0 Å². The Morgan fingerprint density at radius 2 is 2.31 bits per heavy atom. The van der Waals surface area contributed by atoms with E-state index >= 15 is 0 Å². The van der Waals surface area contributed by atoms with Gasteiger partial charge in [-0.05, 0) is 14.0 Å². The van der Waals surface area contributed by atoms with Crippen LogP contribution in [0.1, 0.15) is 11.5 Å². The molecule has 0 aromatic carbocycles. The Kier molecular flexibility index (Phi) is 3.28. The minimum atomic E-state index is -0.0759. The molecule has 16 heavy (non-hydrogen) atoms. The van der Waals surface area contributed by atoms with E-state index < -0.39 is 0 Å². The second kappa shape index (κ2) is 4.53. The predicted molar refractivity (Wildman–Crippen MR) is 57.9 cm³/mol. The molecule has 0 unspecified atom stereocenters. The maximum atomic E-state index is 9.31. The van der Waals surface area contributed by atoms with Gasteiger partial charge in [0.25, 0.3) is 0 Å². The van der Waals surface area contributed by atoms with Crippen LogP contribution in [-0.4, -0.2) is 48.6 Å². The fourth-order valence-electron chi connectivity index (χ4n) is 2.02. The molecule has 1 fully saturated rings. The largest absolute Gasteiger partial charge is 0.396 e. The van der Waals surface area contributed by atoms with E-state index in [0.29, 0.717) is 13.2 Å². The molecule has 0 aliphatic carbocycles. The first-order valence-electron chi connectivity index (χ1n) is 5.43. The van der Waals surface area contributed by atoms with Crippen molar-refractivity contribution < 1.29 is 14.4 Å². The minimum absolute atomic E-state index is 0.0759. The normalized spacial score (nSPS) is 18.8. The van der Waals surface area contributed by atoms with Gasteiger partial charge in [0, 0.05) is 19.2 Å². The summed E-state index contributed by atoms with van der Waals surface area (Å²) in [7, 11) is 2.01. The zero-order valence-electron chi connectivity index (χ0n) is 9.77. The van der Waals surface area contributed by atoms with Crippen LogP contribution in [0, 0.1) is 12.3 Å². The van der Waals surface area contributed by atoms with Crippen LogP contribution in [0.3, 0.4) is 0 Å². The maximum absolute atomic E-state index is 9.31. The summed E-state index contributed by atoms with van der Waals surface area (Å²) < 4.78 is 10.2. The molecule has 0 amide bonds. The van der Waals surface area contributed by atoms with Gasteiger partial charge in [0.05, 0.1) is 30.9 Å². The Labute approximate surface area is 95.0 Å². The highest BCUT2D eigenvalue weighted by Gasteiger charge is 2.38. The van der Waals surface area contributed by atoms with Crippen molar-refractivity contribution in [3.8, 4) is 0 Å². The fourth-order valence-corrected chi connectivity index (χ4v) is 2.02. The van der Waals surface area contributed by atoms with Crippen LogP contribution < -0.4 is 0 Å². The van der Waals surface area contributed by atoms with Crippen LogP contribution in [-0.2, 0) is 11.3 Å². The number of rotatable bonds is 5. The zero-order chi connectivity index (χ0) is 11.6. The number of aryl methyl sites for hydroxylation is 1. The van der Waals surface area contributed by atoms with Crippen molar-refractivity contribution in [3.05, 3.63) is 17.5 Å². The van der Waals surface area contributed by atoms with Crippen LogP contribution in [0.15, 0.2) is 10.6 Å². The summed E-state index contributed by atoms with van der Waals surface area (Å²) in [6.45, 7) is 4.90. The molecule has 90 valence electrons. The lowest BCUT2D eigenvalue weighted by Crippen LogP contribution is -2.52. The molecule has 1 N–H and O–H groups in total. The Bertz CT molecular complexity index is 341. The van der Waals surface area contributed by atoms with E-state index in [1.54, 1.807) is 0 Å². The van der Waals surface area contributed by atoms with Crippen LogP contribution in [0.5, 0.6) is 0 Å². The van der Waals surface area contributed by atoms with Gasteiger partial charge in [0.2, 0.25) is 0 Å². The smallest absolute Gasteiger partial charge is 0.133 e. The van der Waals surface area contributed by atoms with Crippen LogP contribution in [0.25, 0.3) is 0 Å². The first kappa shape index (κ1) is 11.6. The summed E-state index contributed by atoms with van der Waals surface area (Å²) in [4.78, 5) is 2.13. The Morgan fingerprint density at radius 3 is 2.75 bits per heavy atom. The monoisotopic (exact) mass is 226 g/mol. The van der Waals surface area contributed by atoms with Crippen molar-refractivity contribution in [1.29, 1.82) is 0 Å². The first-order chi connectivity index (χ1) is 7.63. The molecule has 5 heteroatoms. The van der Waals surface area contributed by atoms with E-state index in [4.69, 9.17) is 9.26 Å². The van der Waals surface area contributed by atoms with Gasteiger partial charge >= 0.3 is 0 Å². The fraction of sp³-hybridized carbons (Fsp3) is 0.727. The highest BCUT2D eigenvalue weighted by molar-refractivity contribution is 5.03. The zero-order valence-corrected chi connectivity index (χ0v) is 9.77. The Balaban J connectivity index is 1.86. The highest BCUT2D eigenvalue weighted by Crippen LogP contribution is 2.27. The number of hydrogen-bond acceptors (Lipinski definition) is 5. The van der Waals surface area contributed by atoms with Crippen molar-refractivity contribution in [2.45, 2.75) is 13.5 Å². The second-order valence-electron chi connectivity index (χ2n) is 4.75. The molecule has 1 saturated heterocycles. The molecule has 0 spiro atoms. The third-order valence-electron chi connectivity index (χ3n) is 2.87. The van der Waals surface area contributed by atoms with Gasteiger partial charge < -0.3 is 14.4 Å². The van der Waals surface area contributed by atoms with E-state index in [-0.39, 0.29) is 12.0 Å². The SMILES string of the molecule is Cc1cc(CN(C)CC2(CO)COC2)no1. The quantitative estimate of drug-likeness (QED) is 0.788. The number of aromatic nitrogens is 1. The maximum Gasteiger partial charge on any atom is 0.133 e. The third-order valence-corrected chi connectivity index (χ3v) is 2.87. The Hall–Kier alpha value is -0.910. The molecule has 0 bridgehead atoms. The van der Waals surface area contributed by atoms with Crippen molar-refractivity contribution in [2.24, 2.45) is 5.41 Å². The molecular weight excluding hydrogens is 208 g/mol. The summed E-state index contributed by atoms with van der Waals surface area (Å²) in [6, 6.07) is 1.93. The average Bonchev–Trinajstić information content (AvgIpc) is 2.57. The van der Waals surface area contributed by atoms with Gasteiger partial charge in [-0.2, -0.15) is 0 Å². The van der Waals surface area contributed by atoms with E-state index in [1.165, 1.54) is 0 Å². The average molecular weight is 226 g/mol. The molecule has 2 rings (SSSR count). The van der Waals surface area contributed by atoms with Crippen molar-refractivity contribution in [1.82, 2.24) is 10.1 Å². The lowest BCUT2D eigenvalue weighted by Gasteiger charge is -2.42. The number of ether oxygens (including phenoxy) is 1. The summed E-state index contributed by atoms with van der Waals surface area (Å²) in [5.74, 6) is 0.826. The lowest BCUT2D eigenvalue weighted by atomic mass is 9.86. The number of hydrogen-bond donors (Lipinski definition) is 1. The highest BCUT2D eigenvalue weighted by atomic mass is 16.5. The van der Waals surface area contributed by atoms with E-state index in [2.05, 4.69) is 10.1 Å². The molecule has 0 saturated carbocycles.